The Morgan fingerprint density at radius 1 is 1.11 bits per heavy atom. The maximum Gasteiger partial charge on any atom is 0.271 e. The minimum atomic E-state index is -3.97. The van der Waals surface area contributed by atoms with Crippen molar-refractivity contribution < 1.29 is 40.6 Å². The first-order valence-electron chi connectivity index (χ1n) is 15.3. The van der Waals surface area contributed by atoms with Crippen LogP contribution in [0.15, 0.2) is 69.1 Å². The average Bonchev–Trinajstić information content (AvgIpc) is 3.59. The Hall–Kier alpha value is -3.08. The van der Waals surface area contributed by atoms with Crippen molar-refractivity contribution in [2.24, 2.45) is 5.92 Å². The van der Waals surface area contributed by atoms with Gasteiger partial charge in [0.05, 0.1) is 35.3 Å². The summed E-state index contributed by atoms with van der Waals surface area (Å²) in [7, 11) is -6.45. The topological polar surface area (TPSA) is 143 Å². The lowest BCUT2D eigenvalue weighted by Gasteiger charge is -2.35. The summed E-state index contributed by atoms with van der Waals surface area (Å²) in [6, 6.07) is 11.6. The SMILES string of the molecule is C[C@@H]1CCCCO[C@H](CN(C)S(=O)(=O)c2ccc(F)cc2)[C@@H](C)CN([C@@H](C)CO)C(=O)c2cc(NS(=O)(=O)c3cccs3)ccc2O1. The highest BCUT2D eigenvalue weighted by atomic mass is 32.2. The molecule has 1 aromatic heterocycles. The van der Waals surface area contributed by atoms with Gasteiger partial charge in [-0.3, -0.25) is 9.52 Å². The molecule has 2 aromatic carbocycles. The number of sulfonamides is 2. The van der Waals surface area contributed by atoms with Crippen molar-refractivity contribution in [2.45, 2.75) is 67.4 Å². The van der Waals surface area contributed by atoms with E-state index in [2.05, 4.69) is 4.72 Å². The molecular formula is C32H42FN3O8S3. The number of rotatable bonds is 9. The largest absolute Gasteiger partial charge is 0.490 e. The number of nitrogens with one attached hydrogen (secondary N) is 1. The number of aliphatic hydroxyl groups is 1. The summed E-state index contributed by atoms with van der Waals surface area (Å²) >= 11 is 1.06. The van der Waals surface area contributed by atoms with Gasteiger partial charge in [0.15, 0.2) is 0 Å². The Labute approximate surface area is 280 Å². The van der Waals surface area contributed by atoms with Crippen LogP contribution in [0.25, 0.3) is 0 Å². The molecule has 0 radical (unpaired) electrons. The van der Waals surface area contributed by atoms with Crippen LogP contribution in [0.4, 0.5) is 10.1 Å². The molecule has 2 N–H and O–H groups in total. The van der Waals surface area contributed by atoms with Crippen LogP contribution in [-0.4, -0.2) is 88.7 Å². The zero-order valence-corrected chi connectivity index (χ0v) is 29.3. The Bertz CT molecular complexity index is 1700. The maximum absolute atomic E-state index is 14.3. The molecule has 47 heavy (non-hydrogen) atoms. The molecule has 0 fully saturated rings. The molecule has 15 heteroatoms. The first kappa shape index (κ1) is 36.8. The monoisotopic (exact) mass is 711 g/mol. The van der Waals surface area contributed by atoms with Gasteiger partial charge in [-0.1, -0.05) is 13.0 Å². The fourth-order valence-electron chi connectivity index (χ4n) is 5.21. The fraction of sp³-hybridized carbons (Fsp3) is 0.469. The van der Waals surface area contributed by atoms with E-state index in [4.69, 9.17) is 9.47 Å². The molecule has 3 aromatic rings. The van der Waals surface area contributed by atoms with E-state index < -0.39 is 49.8 Å². The van der Waals surface area contributed by atoms with Gasteiger partial charge in [-0.15, -0.1) is 11.3 Å². The van der Waals surface area contributed by atoms with E-state index in [9.17, 15) is 31.1 Å². The quantitative estimate of drug-likeness (QED) is 0.322. The minimum absolute atomic E-state index is 0.0405. The Balaban J connectivity index is 1.67. The molecule has 1 aliphatic heterocycles. The second-order valence-electron chi connectivity index (χ2n) is 11.8. The van der Waals surface area contributed by atoms with Crippen LogP contribution in [0.5, 0.6) is 5.75 Å². The lowest BCUT2D eigenvalue weighted by Crippen LogP contribution is -2.48. The molecule has 2 heterocycles. The van der Waals surface area contributed by atoms with Crippen LogP contribution in [0.3, 0.4) is 0 Å². The maximum atomic E-state index is 14.3. The van der Waals surface area contributed by atoms with Gasteiger partial charge in [0.25, 0.3) is 15.9 Å². The van der Waals surface area contributed by atoms with Crippen LogP contribution in [0.2, 0.25) is 0 Å². The minimum Gasteiger partial charge on any atom is -0.490 e. The van der Waals surface area contributed by atoms with Crippen molar-refractivity contribution in [1.29, 1.82) is 0 Å². The summed E-state index contributed by atoms with van der Waals surface area (Å²) in [5.41, 5.74) is 0.280. The van der Waals surface area contributed by atoms with Gasteiger partial charge in [-0.25, -0.2) is 21.2 Å². The normalized spacial score (nSPS) is 21.0. The molecule has 0 aliphatic carbocycles. The summed E-state index contributed by atoms with van der Waals surface area (Å²) in [6.07, 6.45) is 1.12. The lowest BCUT2D eigenvalue weighted by molar-refractivity contribution is -0.00833. The predicted octanol–water partition coefficient (Wildman–Crippen LogP) is 4.80. The predicted molar refractivity (Wildman–Crippen MR) is 178 cm³/mol. The van der Waals surface area contributed by atoms with Crippen molar-refractivity contribution >= 4 is 43.0 Å². The second kappa shape index (κ2) is 15.9. The molecule has 1 amide bonds. The van der Waals surface area contributed by atoms with Crippen molar-refractivity contribution in [3.63, 3.8) is 0 Å². The molecule has 4 rings (SSSR count). The lowest BCUT2D eigenvalue weighted by atomic mass is 10.0. The third kappa shape index (κ3) is 9.30. The number of anilines is 1. The van der Waals surface area contributed by atoms with E-state index in [1.165, 1.54) is 42.3 Å². The van der Waals surface area contributed by atoms with E-state index in [-0.39, 0.29) is 51.9 Å². The highest BCUT2D eigenvalue weighted by molar-refractivity contribution is 7.94. The highest BCUT2D eigenvalue weighted by Gasteiger charge is 2.32. The van der Waals surface area contributed by atoms with Crippen LogP contribution >= 0.6 is 11.3 Å². The number of halogens is 1. The summed E-state index contributed by atoms with van der Waals surface area (Å²) in [4.78, 5) is 15.7. The van der Waals surface area contributed by atoms with E-state index >= 15 is 0 Å². The van der Waals surface area contributed by atoms with Gasteiger partial charge < -0.3 is 19.5 Å². The van der Waals surface area contributed by atoms with Gasteiger partial charge in [0.1, 0.15) is 15.8 Å². The van der Waals surface area contributed by atoms with Gasteiger partial charge >= 0.3 is 0 Å². The third-order valence-electron chi connectivity index (χ3n) is 8.02. The number of fused-ring (bicyclic) bond motifs is 1. The van der Waals surface area contributed by atoms with Gasteiger partial charge in [-0.2, -0.15) is 4.31 Å². The van der Waals surface area contributed by atoms with Gasteiger partial charge in [0.2, 0.25) is 10.0 Å². The third-order valence-corrected chi connectivity index (χ3v) is 12.6. The number of thiophene rings is 1. The smallest absolute Gasteiger partial charge is 0.271 e. The number of likely N-dealkylation sites (N-methyl/N-ethyl adjacent to an activating group) is 1. The van der Waals surface area contributed by atoms with E-state index in [0.29, 0.717) is 19.4 Å². The van der Waals surface area contributed by atoms with Crippen molar-refractivity contribution in [1.82, 2.24) is 9.21 Å². The van der Waals surface area contributed by atoms with Crippen LogP contribution in [0.1, 0.15) is 50.4 Å². The number of carbonyl (C=O) groups is 1. The summed E-state index contributed by atoms with van der Waals surface area (Å²) in [6.45, 7) is 5.42. The second-order valence-corrected chi connectivity index (χ2v) is 16.7. The van der Waals surface area contributed by atoms with Crippen molar-refractivity contribution in [2.75, 3.05) is 38.1 Å². The van der Waals surface area contributed by atoms with E-state index in [0.717, 1.165) is 34.2 Å². The molecule has 0 saturated heterocycles. The van der Waals surface area contributed by atoms with Crippen LogP contribution in [0, 0.1) is 11.7 Å². The average molecular weight is 712 g/mol. The Morgan fingerprint density at radius 3 is 2.49 bits per heavy atom. The Kier molecular flexibility index (Phi) is 12.4. The van der Waals surface area contributed by atoms with Crippen molar-refractivity contribution in [3.05, 3.63) is 71.4 Å². The summed E-state index contributed by atoms with van der Waals surface area (Å²) in [5.74, 6) is -1.18. The summed E-state index contributed by atoms with van der Waals surface area (Å²) in [5, 5.41) is 11.8. The molecule has 1 aliphatic rings. The molecule has 0 unspecified atom stereocenters. The van der Waals surface area contributed by atoms with Gasteiger partial charge in [0, 0.05) is 38.3 Å². The zero-order chi connectivity index (χ0) is 34.4. The number of benzene rings is 2. The molecular weight excluding hydrogens is 670 g/mol. The van der Waals surface area contributed by atoms with E-state index in [1.807, 2.05) is 13.8 Å². The number of ether oxygens (including phenoxy) is 2. The number of hydrogen-bond acceptors (Lipinski definition) is 9. The zero-order valence-electron chi connectivity index (χ0n) is 26.8. The van der Waals surface area contributed by atoms with Crippen molar-refractivity contribution in [3.8, 4) is 5.75 Å². The first-order chi connectivity index (χ1) is 22.2. The molecule has 258 valence electrons. The van der Waals surface area contributed by atoms with Gasteiger partial charge in [-0.05, 0) is 87.0 Å². The molecule has 0 spiro atoms. The highest BCUT2D eigenvalue weighted by Crippen LogP contribution is 2.30. The number of carbonyl (C=O) groups excluding carboxylic acids is 1. The first-order valence-corrected chi connectivity index (χ1v) is 19.2. The molecule has 0 bridgehead atoms. The molecule has 11 nitrogen and oxygen atoms in total. The summed E-state index contributed by atoms with van der Waals surface area (Å²) < 4.78 is 82.3. The molecule has 0 saturated carbocycles. The van der Waals surface area contributed by atoms with E-state index in [1.54, 1.807) is 24.4 Å². The fourth-order valence-corrected chi connectivity index (χ4v) is 8.43. The molecule has 4 atom stereocenters. The Morgan fingerprint density at radius 2 is 1.83 bits per heavy atom. The number of aliphatic hydroxyl groups excluding tert-OH is 1. The van der Waals surface area contributed by atoms with Crippen LogP contribution in [-0.2, 0) is 24.8 Å². The van der Waals surface area contributed by atoms with Crippen LogP contribution < -0.4 is 9.46 Å². The number of hydrogen-bond donors (Lipinski definition) is 2. The standard InChI is InChI=1S/C32H42FN3O8S3/c1-22-19-36(23(2)21-37)32(38)28-18-26(34-46(39,40)31-9-7-17-45-31)12-15-29(28)44-24(3)8-5-6-16-43-30(22)20-35(4)47(41,42)27-13-10-25(33)11-14-27/h7,9-15,17-18,22-24,30,34,37H,5-6,8,16,19-21H2,1-4H3/t22-,23-,24+,30+/m0/s1. The number of nitrogens with zero attached hydrogens (tertiary/aromatic N) is 2. The number of amides is 1.